The first-order valence-corrected chi connectivity index (χ1v) is 11.2. The Labute approximate surface area is 170 Å². The fourth-order valence-electron chi connectivity index (χ4n) is 4.55. The van der Waals surface area contributed by atoms with Crippen LogP contribution in [0.4, 0.5) is 0 Å². The number of allylic oxidation sites excluding steroid dienone is 1. The molecule has 0 spiro atoms. The van der Waals surface area contributed by atoms with Crippen LogP contribution in [0.5, 0.6) is 0 Å². The Morgan fingerprint density at radius 1 is 0.931 bits per heavy atom. The maximum absolute atomic E-state index is 13.5. The molecule has 0 radical (unpaired) electrons. The van der Waals surface area contributed by atoms with E-state index in [0.717, 1.165) is 27.5 Å². The second kappa shape index (κ2) is 6.65. The topological polar surface area (TPSA) is 54.5 Å². The van der Waals surface area contributed by atoms with E-state index >= 15 is 0 Å². The van der Waals surface area contributed by atoms with Gasteiger partial charge in [0.05, 0.1) is 10.9 Å². The van der Waals surface area contributed by atoms with Gasteiger partial charge in [-0.3, -0.25) is 4.79 Å². The molecule has 2 aliphatic rings. The van der Waals surface area contributed by atoms with Gasteiger partial charge in [-0.25, -0.2) is 8.42 Å². The Morgan fingerprint density at radius 3 is 2.41 bits per heavy atom. The molecule has 3 aromatic rings. The highest BCUT2D eigenvalue weighted by Crippen LogP contribution is 2.48. The number of fused-ring (bicyclic) bond motifs is 2. The maximum Gasteiger partial charge on any atom is 0.243 e. The lowest BCUT2D eigenvalue weighted by molar-refractivity contribution is -0.114. The van der Waals surface area contributed by atoms with Crippen LogP contribution < -0.4 is 0 Å². The van der Waals surface area contributed by atoms with Gasteiger partial charge in [0.25, 0.3) is 0 Å². The van der Waals surface area contributed by atoms with Gasteiger partial charge in [0.15, 0.2) is 5.78 Å². The van der Waals surface area contributed by atoms with Crippen molar-refractivity contribution in [3.05, 3.63) is 89.5 Å². The summed E-state index contributed by atoms with van der Waals surface area (Å²) in [5.74, 6) is -0.00735. The summed E-state index contributed by atoms with van der Waals surface area (Å²) in [5, 5.41) is 2.18. The lowest BCUT2D eigenvalue weighted by atomic mass is 9.90. The van der Waals surface area contributed by atoms with E-state index in [0.29, 0.717) is 11.3 Å². The third-order valence-corrected chi connectivity index (χ3v) is 7.86. The van der Waals surface area contributed by atoms with Crippen molar-refractivity contribution in [2.75, 3.05) is 6.54 Å². The SMILES string of the molecule is Cc1ccc(S(=O)(=O)N2CC3=CC(=O)C[C@@H]3[C@H]2c2ccc3ccccc3c2)cc1. The summed E-state index contributed by atoms with van der Waals surface area (Å²) in [7, 11) is -3.68. The highest BCUT2D eigenvalue weighted by atomic mass is 32.2. The van der Waals surface area contributed by atoms with E-state index in [-0.39, 0.29) is 24.3 Å². The van der Waals surface area contributed by atoms with Crippen LogP contribution >= 0.6 is 0 Å². The smallest absolute Gasteiger partial charge is 0.243 e. The van der Waals surface area contributed by atoms with Gasteiger partial charge < -0.3 is 0 Å². The summed E-state index contributed by atoms with van der Waals surface area (Å²) in [5.41, 5.74) is 2.87. The van der Waals surface area contributed by atoms with Crippen molar-refractivity contribution in [2.45, 2.75) is 24.3 Å². The minimum atomic E-state index is -3.68. The first-order valence-electron chi connectivity index (χ1n) is 9.74. The quantitative estimate of drug-likeness (QED) is 0.651. The molecule has 0 bridgehead atoms. The molecule has 0 saturated carbocycles. The Hall–Kier alpha value is -2.76. The largest absolute Gasteiger partial charge is 0.295 e. The lowest BCUT2D eigenvalue weighted by Gasteiger charge is -2.27. The van der Waals surface area contributed by atoms with Crippen LogP contribution in [0.25, 0.3) is 10.8 Å². The molecule has 5 heteroatoms. The van der Waals surface area contributed by atoms with Crippen LogP contribution in [0.2, 0.25) is 0 Å². The number of rotatable bonds is 3. The summed E-state index contributed by atoms with van der Waals surface area (Å²) in [6.45, 7) is 2.20. The maximum atomic E-state index is 13.5. The molecule has 4 nitrogen and oxygen atoms in total. The van der Waals surface area contributed by atoms with Gasteiger partial charge in [0, 0.05) is 18.9 Å². The molecule has 1 fully saturated rings. The molecule has 1 aliphatic carbocycles. The van der Waals surface area contributed by atoms with Crippen LogP contribution in [0.15, 0.2) is 83.3 Å². The first-order chi connectivity index (χ1) is 13.9. The summed E-state index contributed by atoms with van der Waals surface area (Å²) < 4.78 is 28.6. The number of carbonyl (C=O) groups excluding carboxylic acids is 1. The third-order valence-electron chi connectivity index (χ3n) is 6.02. The summed E-state index contributed by atoms with van der Waals surface area (Å²) in [6, 6.07) is 20.7. The number of benzene rings is 3. The number of aryl methyl sites for hydroxylation is 1. The van der Waals surface area contributed by atoms with E-state index < -0.39 is 10.0 Å². The van der Waals surface area contributed by atoms with Crippen molar-refractivity contribution in [2.24, 2.45) is 5.92 Å². The predicted octanol–water partition coefficient (Wildman–Crippen LogP) is 4.41. The standard InChI is InChI=1S/C24H21NO3S/c1-16-6-10-22(11-7-16)29(27,28)25-15-20-13-21(26)14-23(20)24(25)19-9-8-17-4-2-3-5-18(17)12-19/h2-13,23-24H,14-15H2,1H3/t23-,24+/m0/s1. The van der Waals surface area contributed by atoms with Crippen molar-refractivity contribution in [1.29, 1.82) is 0 Å². The van der Waals surface area contributed by atoms with Gasteiger partial charge in [-0.2, -0.15) is 4.31 Å². The number of sulfonamides is 1. The van der Waals surface area contributed by atoms with E-state index in [4.69, 9.17) is 0 Å². The molecule has 1 heterocycles. The zero-order valence-corrected chi connectivity index (χ0v) is 16.9. The minimum absolute atomic E-state index is 0.0863. The number of hydrogen-bond donors (Lipinski definition) is 0. The third kappa shape index (κ3) is 3.02. The van der Waals surface area contributed by atoms with E-state index in [2.05, 4.69) is 6.07 Å². The molecule has 2 atom stereocenters. The van der Waals surface area contributed by atoms with Gasteiger partial charge in [-0.05, 0) is 53.1 Å². The predicted molar refractivity (Wildman–Crippen MR) is 113 cm³/mol. The average Bonchev–Trinajstić information content (AvgIpc) is 3.24. The Balaban J connectivity index is 1.64. The summed E-state index contributed by atoms with van der Waals surface area (Å²) in [4.78, 5) is 12.4. The van der Waals surface area contributed by atoms with Gasteiger partial charge in [-0.1, -0.05) is 54.1 Å². The van der Waals surface area contributed by atoms with E-state index in [1.54, 1.807) is 22.5 Å². The fraction of sp³-hybridized carbons (Fsp3) is 0.208. The second-order valence-corrected chi connectivity index (χ2v) is 9.80. The minimum Gasteiger partial charge on any atom is -0.295 e. The van der Waals surface area contributed by atoms with Crippen LogP contribution in [0, 0.1) is 12.8 Å². The zero-order valence-electron chi connectivity index (χ0n) is 16.1. The molecule has 0 aromatic heterocycles. The first kappa shape index (κ1) is 18.3. The molecule has 1 saturated heterocycles. The highest BCUT2D eigenvalue weighted by molar-refractivity contribution is 7.89. The number of ketones is 1. The number of hydrogen-bond acceptors (Lipinski definition) is 3. The van der Waals surface area contributed by atoms with Crippen LogP contribution in [-0.2, 0) is 14.8 Å². The Kier molecular flexibility index (Phi) is 4.19. The van der Waals surface area contributed by atoms with Crippen molar-refractivity contribution in [3.63, 3.8) is 0 Å². The van der Waals surface area contributed by atoms with Crippen LogP contribution in [-0.4, -0.2) is 25.1 Å². The Morgan fingerprint density at radius 2 is 1.66 bits per heavy atom. The molecular formula is C24H21NO3S. The van der Waals surface area contributed by atoms with Crippen LogP contribution in [0.1, 0.15) is 23.6 Å². The van der Waals surface area contributed by atoms with Gasteiger partial charge in [0.1, 0.15) is 0 Å². The normalized spacial score (nSPS) is 22.1. The molecule has 0 unspecified atom stereocenters. The van der Waals surface area contributed by atoms with Gasteiger partial charge >= 0.3 is 0 Å². The molecule has 3 aromatic carbocycles. The van der Waals surface area contributed by atoms with Crippen molar-refractivity contribution >= 4 is 26.6 Å². The Bertz CT molecular complexity index is 1260. The molecule has 1 aliphatic heterocycles. The van der Waals surface area contributed by atoms with Gasteiger partial charge in [-0.15, -0.1) is 0 Å². The van der Waals surface area contributed by atoms with Crippen molar-refractivity contribution in [1.82, 2.24) is 4.31 Å². The highest BCUT2D eigenvalue weighted by Gasteiger charge is 2.47. The second-order valence-electron chi connectivity index (χ2n) is 7.91. The van der Waals surface area contributed by atoms with E-state index in [1.165, 1.54) is 0 Å². The van der Waals surface area contributed by atoms with Gasteiger partial charge in [0.2, 0.25) is 10.0 Å². The average molecular weight is 404 g/mol. The molecule has 29 heavy (non-hydrogen) atoms. The molecular weight excluding hydrogens is 382 g/mol. The van der Waals surface area contributed by atoms with E-state index in [9.17, 15) is 13.2 Å². The van der Waals surface area contributed by atoms with E-state index in [1.807, 2.05) is 55.5 Å². The van der Waals surface area contributed by atoms with Crippen molar-refractivity contribution in [3.8, 4) is 0 Å². The number of nitrogens with zero attached hydrogens (tertiary/aromatic N) is 1. The van der Waals surface area contributed by atoms with Crippen molar-refractivity contribution < 1.29 is 13.2 Å². The lowest BCUT2D eigenvalue weighted by Crippen LogP contribution is -2.32. The van der Waals surface area contributed by atoms with Crippen LogP contribution in [0.3, 0.4) is 0 Å². The molecule has 0 N–H and O–H groups in total. The molecule has 146 valence electrons. The molecule has 0 amide bonds. The zero-order chi connectivity index (χ0) is 20.2. The fourth-order valence-corrected chi connectivity index (χ4v) is 6.18. The summed E-state index contributed by atoms with van der Waals surface area (Å²) >= 11 is 0. The summed E-state index contributed by atoms with van der Waals surface area (Å²) in [6.07, 6.45) is 2.01. The number of carbonyl (C=O) groups is 1. The molecule has 5 rings (SSSR count). The monoisotopic (exact) mass is 403 g/mol.